The summed E-state index contributed by atoms with van der Waals surface area (Å²) in [6.07, 6.45) is 1.29. The number of alkyl halides is 2. The summed E-state index contributed by atoms with van der Waals surface area (Å²) >= 11 is 0. The number of rotatable bonds is 9. The van der Waals surface area contributed by atoms with E-state index in [9.17, 15) is 28.3 Å². The Morgan fingerprint density at radius 1 is 1.22 bits per heavy atom. The number of halogens is 2. The number of carbonyl (C=O) groups excluding carboxylic acids is 3. The van der Waals surface area contributed by atoms with Crippen molar-refractivity contribution in [2.24, 2.45) is 5.92 Å². The first-order valence-electron chi connectivity index (χ1n) is 13.0. The van der Waals surface area contributed by atoms with Gasteiger partial charge in [0.2, 0.25) is 0 Å². The first-order valence-corrected chi connectivity index (χ1v) is 13.0. The van der Waals surface area contributed by atoms with Gasteiger partial charge < -0.3 is 25.0 Å². The molecule has 0 unspecified atom stereocenters. The molecular weight excluding hydrogens is 484 g/mol. The summed E-state index contributed by atoms with van der Waals surface area (Å²) in [5.41, 5.74) is 0.330. The van der Waals surface area contributed by atoms with Gasteiger partial charge in [-0.2, -0.15) is 8.78 Å². The molecule has 37 heavy (non-hydrogen) atoms. The molecule has 1 fully saturated rings. The van der Waals surface area contributed by atoms with Gasteiger partial charge >= 0.3 is 6.43 Å². The molecular formula is C27H39F2N3O5. The van der Waals surface area contributed by atoms with E-state index in [2.05, 4.69) is 5.32 Å². The normalized spacial score (nSPS) is 21.0. The van der Waals surface area contributed by atoms with Crippen LogP contribution < -0.4 is 15.0 Å². The average Bonchev–Trinajstić information content (AvgIpc) is 2.82. The number of hydrogen-bond acceptors (Lipinski definition) is 5. The van der Waals surface area contributed by atoms with Gasteiger partial charge in [-0.1, -0.05) is 0 Å². The lowest BCUT2D eigenvalue weighted by Crippen LogP contribution is -2.54. The zero-order valence-electron chi connectivity index (χ0n) is 22.4. The number of nitrogens with one attached hydrogen (secondary N) is 1. The quantitative estimate of drug-likeness (QED) is 0.515. The molecule has 1 aromatic rings. The maximum Gasteiger partial charge on any atom is 0.315 e. The number of nitrogens with zero attached hydrogens (tertiary/aromatic N) is 2. The second kappa shape index (κ2) is 11.8. The molecule has 1 aliphatic carbocycles. The number of aliphatic hydroxyl groups excluding tert-OH is 1. The number of hydrogen-bond donors (Lipinski definition) is 2. The van der Waals surface area contributed by atoms with E-state index in [1.807, 2.05) is 25.7 Å². The fourth-order valence-corrected chi connectivity index (χ4v) is 5.39. The summed E-state index contributed by atoms with van der Waals surface area (Å²) in [6, 6.07) is 3.41. The minimum absolute atomic E-state index is 0.0418. The Morgan fingerprint density at radius 2 is 1.86 bits per heavy atom. The second-order valence-corrected chi connectivity index (χ2v) is 10.8. The number of ether oxygens (including phenoxy) is 1. The van der Waals surface area contributed by atoms with Crippen LogP contribution in [0.4, 0.5) is 14.5 Å². The molecule has 0 aromatic heterocycles. The monoisotopic (exact) mass is 523 g/mol. The highest BCUT2D eigenvalue weighted by Gasteiger charge is 2.42. The Labute approximate surface area is 217 Å². The summed E-state index contributed by atoms with van der Waals surface area (Å²) in [5, 5.41) is 11.4. The molecule has 0 atom stereocenters. The topological polar surface area (TPSA) is 99.2 Å². The number of aryl methyl sites for hydroxylation is 1. The minimum atomic E-state index is -3.14. The Bertz CT molecular complexity index is 1010. The van der Waals surface area contributed by atoms with Crippen LogP contribution in [0.5, 0.6) is 5.75 Å². The minimum Gasteiger partial charge on any atom is -0.476 e. The number of fused-ring (bicyclic) bond motifs is 1. The van der Waals surface area contributed by atoms with Gasteiger partial charge in [-0.15, -0.1) is 0 Å². The third-order valence-electron chi connectivity index (χ3n) is 7.32. The Balaban J connectivity index is 1.90. The Hall–Kier alpha value is -2.75. The maximum atomic E-state index is 13.9. The van der Waals surface area contributed by atoms with Crippen LogP contribution in [-0.4, -0.2) is 71.5 Å². The standard InChI is InChI=1S/C27H39F2N3O5/c1-16(2)32(19-8-6-18(7-9-19)10-13-33)25(35)20-15-21-22(14-17(20)3)37-27(4,5)26(36)31(21)12-11-30-24(34)23(28)29/h14-16,18-19,23,33H,6-13H2,1-5H3,(H,30,34). The molecule has 1 aromatic carbocycles. The summed E-state index contributed by atoms with van der Waals surface area (Å²) in [4.78, 5) is 41.7. The van der Waals surface area contributed by atoms with Crippen molar-refractivity contribution in [3.8, 4) is 5.75 Å². The first kappa shape index (κ1) is 28.8. The van der Waals surface area contributed by atoms with E-state index in [4.69, 9.17) is 4.74 Å². The predicted molar refractivity (Wildman–Crippen MR) is 136 cm³/mol. The molecule has 0 spiro atoms. The molecule has 1 heterocycles. The smallest absolute Gasteiger partial charge is 0.315 e. The lowest BCUT2D eigenvalue weighted by atomic mass is 9.83. The van der Waals surface area contributed by atoms with E-state index in [0.29, 0.717) is 28.5 Å². The van der Waals surface area contributed by atoms with Gasteiger partial charge in [0.15, 0.2) is 5.60 Å². The highest BCUT2D eigenvalue weighted by molar-refractivity contribution is 6.05. The van der Waals surface area contributed by atoms with Crippen molar-refractivity contribution in [3.05, 3.63) is 23.3 Å². The van der Waals surface area contributed by atoms with Crippen molar-refractivity contribution in [3.63, 3.8) is 0 Å². The van der Waals surface area contributed by atoms with E-state index < -0.39 is 23.8 Å². The maximum absolute atomic E-state index is 13.9. The fraction of sp³-hybridized carbons (Fsp3) is 0.667. The van der Waals surface area contributed by atoms with E-state index >= 15 is 0 Å². The number of benzene rings is 1. The van der Waals surface area contributed by atoms with Gasteiger partial charge in [0, 0.05) is 37.3 Å². The molecule has 8 nitrogen and oxygen atoms in total. The predicted octanol–water partition coefficient (Wildman–Crippen LogP) is 3.67. The van der Waals surface area contributed by atoms with Gasteiger partial charge in [-0.3, -0.25) is 14.4 Å². The van der Waals surface area contributed by atoms with Gasteiger partial charge in [-0.25, -0.2) is 0 Å². The van der Waals surface area contributed by atoms with Crippen molar-refractivity contribution in [2.45, 2.75) is 90.8 Å². The number of amides is 3. The summed E-state index contributed by atoms with van der Waals surface area (Å²) < 4.78 is 31.2. The lowest BCUT2D eigenvalue weighted by molar-refractivity contribution is -0.133. The lowest BCUT2D eigenvalue weighted by Gasteiger charge is -2.41. The SMILES string of the molecule is Cc1cc2c(cc1C(=O)N(C(C)C)C1CCC(CCO)CC1)N(CCNC(=O)C(F)F)C(=O)C(C)(C)O2. The molecule has 206 valence electrons. The van der Waals surface area contributed by atoms with Crippen LogP contribution >= 0.6 is 0 Å². The van der Waals surface area contributed by atoms with Crippen molar-refractivity contribution in [1.82, 2.24) is 10.2 Å². The molecule has 3 rings (SSSR count). The van der Waals surface area contributed by atoms with Gasteiger partial charge in [0.25, 0.3) is 17.7 Å². The zero-order chi connectivity index (χ0) is 27.5. The molecule has 0 radical (unpaired) electrons. The average molecular weight is 524 g/mol. The van der Waals surface area contributed by atoms with Crippen molar-refractivity contribution in [2.75, 3.05) is 24.6 Å². The molecule has 1 aliphatic heterocycles. The molecule has 10 heteroatoms. The van der Waals surface area contributed by atoms with Crippen LogP contribution in [0.1, 0.15) is 75.7 Å². The van der Waals surface area contributed by atoms with Gasteiger partial charge in [-0.05, 0) is 90.3 Å². The third-order valence-corrected chi connectivity index (χ3v) is 7.32. The molecule has 1 saturated carbocycles. The van der Waals surface area contributed by atoms with E-state index in [1.165, 1.54) is 4.90 Å². The fourth-order valence-electron chi connectivity index (χ4n) is 5.39. The van der Waals surface area contributed by atoms with E-state index in [-0.39, 0.29) is 37.7 Å². The number of aliphatic hydroxyl groups is 1. The van der Waals surface area contributed by atoms with Crippen molar-refractivity contribution in [1.29, 1.82) is 0 Å². The third kappa shape index (κ3) is 6.40. The van der Waals surface area contributed by atoms with Crippen LogP contribution in [0, 0.1) is 12.8 Å². The molecule has 2 aliphatic rings. The van der Waals surface area contributed by atoms with Crippen LogP contribution in [0.3, 0.4) is 0 Å². The summed E-state index contributed by atoms with van der Waals surface area (Å²) in [7, 11) is 0. The van der Waals surface area contributed by atoms with Gasteiger partial charge in [0.1, 0.15) is 5.75 Å². The zero-order valence-corrected chi connectivity index (χ0v) is 22.4. The number of anilines is 1. The highest BCUT2D eigenvalue weighted by atomic mass is 19.3. The molecule has 0 bridgehead atoms. The second-order valence-electron chi connectivity index (χ2n) is 10.8. The highest BCUT2D eigenvalue weighted by Crippen LogP contribution is 2.40. The van der Waals surface area contributed by atoms with Crippen LogP contribution in [0.2, 0.25) is 0 Å². The molecule has 3 amide bonds. The van der Waals surface area contributed by atoms with Crippen LogP contribution in [0.25, 0.3) is 0 Å². The van der Waals surface area contributed by atoms with Crippen molar-refractivity contribution < 1.29 is 33.0 Å². The van der Waals surface area contributed by atoms with Crippen molar-refractivity contribution >= 4 is 23.4 Å². The van der Waals surface area contributed by atoms with Crippen LogP contribution in [-0.2, 0) is 9.59 Å². The summed E-state index contributed by atoms with van der Waals surface area (Å²) in [5.74, 6) is -1.04. The largest absolute Gasteiger partial charge is 0.476 e. The molecule has 2 N–H and O–H groups in total. The summed E-state index contributed by atoms with van der Waals surface area (Å²) in [6.45, 7) is 8.99. The van der Waals surface area contributed by atoms with Crippen LogP contribution in [0.15, 0.2) is 12.1 Å². The Morgan fingerprint density at radius 3 is 2.43 bits per heavy atom. The van der Waals surface area contributed by atoms with E-state index in [1.54, 1.807) is 26.0 Å². The van der Waals surface area contributed by atoms with E-state index in [0.717, 1.165) is 32.1 Å². The number of carbonyl (C=O) groups is 3. The Kier molecular flexibility index (Phi) is 9.15. The first-order chi connectivity index (χ1) is 17.4. The van der Waals surface area contributed by atoms with Gasteiger partial charge in [0.05, 0.1) is 5.69 Å². The molecule has 0 saturated heterocycles.